The largest absolute Gasteiger partial charge is 0.452 e. The molecule has 0 heterocycles. The van der Waals surface area contributed by atoms with Gasteiger partial charge in [0.25, 0.3) is 0 Å². The Labute approximate surface area is 122 Å². The molecule has 0 aliphatic carbocycles. The van der Waals surface area contributed by atoms with Crippen molar-refractivity contribution < 1.29 is 22.1 Å². The molecule has 1 nitrogen and oxygen atoms in total. The Balaban J connectivity index is 2.82. The molecule has 0 aliphatic heterocycles. The second kappa shape index (κ2) is 6.66. The molecule has 0 aliphatic rings. The van der Waals surface area contributed by atoms with E-state index in [1.54, 1.807) is 12.1 Å². The average Bonchev–Trinajstić information content (AvgIpc) is 2.25. The highest BCUT2D eigenvalue weighted by Gasteiger charge is 2.40. The molecule has 1 atom stereocenters. The van der Waals surface area contributed by atoms with Gasteiger partial charge >= 0.3 is 12.3 Å². The number of thioether (sulfide) groups is 1. The SMILES string of the molecule is CP(=S)(Cl)Oc1ccccc1SCC(F)(F)C(F)F. The van der Waals surface area contributed by atoms with Crippen LogP contribution in [0.3, 0.4) is 0 Å². The van der Waals surface area contributed by atoms with Crippen LogP contribution in [0.2, 0.25) is 0 Å². The normalized spacial score (nSPS) is 15.3. The molecule has 1 unspecified atom stereocenters. The van der Waals surface area contributed by atoms with E-state index in [2.05, 4.69) is 0 Å². The predicted molar refractivity (Wildman–Crippen MR) is 74.8 cm³/mol. The third-order valence-corrected chi connectivity index (χ3v) is 3.98. The van der Waals surface area contributed by atoms with Gasteiger partial charge in [0, 0.05) is 11.6 Å². The highest BCUT2D eigenvalue weighted by molar-refractivity contribution is 8.24. The van der Waals surface area contributed by atoms with E-state index in [0.717, 1.165) is 0 Å². The Bertz CT molecular complexity index is 480. The standard InChI is InChI=1S/C10H10ClF4OPS2/c1-17(11,18)16-7-4-2-3-5-8(7)19-6-10(14,15)9(12)13/h2-5,9H,6H2,1H3. The Hall–Kier alpha value is 0.0300. The molecule has 1 rings (SSSR count). The zero-order valence-electron chi connectivity index (χ0n) is 9.66. The van der Waals surface area contributed by atoms with Gasteiger partial charge in [0.05, 0.1) is 5.75 Å². The van der Waals surface area contributed by atoms with Crippen molar-refractivity contribution in [3.8, 4) is 5.75 Å². The summed E-state index contributed by atoms with van der Waals surface area (Å²) in [4.78, 5) is 0.305. The fraction of sp³-hybridized carbons (Fsp3) is 0.400. The minimum absolute atomic E-state index is 0.235. The molecular weight excluding hydrogens is 343 g/mol. The topological polar surface area (TPSA) is 9.23 Å². The number of hydrogen-bond acceptors (Lipinski definition) is 3. The van der Waals surface area contributed by atoms with Gasteiger partial charge in [-0.25, -0.2) is 8.78 Å². The first-order valence-electron chi connectivity index (χ1n) is 4.96. The van der Waals surface area contributed by atoms with E-state index in [0.29, 0.717) is 16.7 Å². The van der Waals surface area contributed by atoms with Crippen LogP contribution in [0.5, 0.6) is 5.75 Å². The predicted octanol–water partition coefficient (Wildman–Crippen LogP) is 5.24. The van der Waals surface area contributed by atoms with E-state index in [1.807, 2.05) is 0 Å². The van der Waals surface area contributed by atoms with Gasteiger partial charge in [0.1, 0.15) is 5.75 Å². The summed E-state index contributed by atoms with van der Waals surface area (Å²) in [5.41, 5.74) is -2.54. The van der Waals surface area contributed by atoms with Gasteiger partial charge in [-0.3, -0.25) is 0 Å². The van der Waals surface area contributed by atoms with Crippen LogP contribution in [0, 0.1) is 0 Å². The van der Waals surface area contributed by atoms with Crippen molar-refractivity contribution in [1.29, 1.82) is 0 Å². The van der Waals surface area contributed by atoms with Crippen molar-refractivity contribution in [1.82, 2.24) is 0 Å². The van der Waals surface area contributed by atoms with Gasteiger partial charge in [0.15, 0.2) is 5.62 Å². The maximum absolute atomic E-state index is 12.9. The number of hydrogen-bond donors (Lipinski definition) is 0. The molecule has 0 amide bonds. The summed E-state index contributed by atoms with van der Waals surface area (Å²) in [5.74, 6) is -4.86. The average molecular weight is 353 g/mol. The van der Waals surface area contributed by atoms with Crippen LogP contribution < -0.4 is 4.52 Å². The van der Waals surface area contributed by atoms with Crippen LogP contribution in [0.15, 0.2) is 29.2 Å². The molecule has 1 aromatic rings. The maximum Gasteiger partial charge on any atom is 0.316 e. The van der Waals surface area contributed by atoms with Gasteiger partial charge in [-0.2, -0.15) is 8.78 Å². The van der Waals surface area contributed by atoms with Crippen molar-refractivity contribution in [2.75, 3.05) is 12.4 Å². The summed E-state index contributed by atoms with van der Waals surface area (Å²) in [6, 6.07) is 6.20. The first-order chi connectivity index (χ1) is 8.62. The van der Waals surface area contributed by atoms with Crippen LogP contribution in [0.4, 0.5) is 17.6 Å². The molecule has 0 aromatic heterocycles. The van der Waals surface area contributed by atoms with E-state index in [4.69, 9.17) is 27.6 Å². The van der Waals surface area contributed by atoms with E-state index in [-0.39, 0.29) is 5.75 Å². The second-order valence-corrected chi connectivity index (χ2v) is 11.0. The van der Waals surface area contributed by atoms with Crippen molar-refractivity contribution in [3.63, 3.8) is 0 Å². The number of alkyl halides is 4. The first-order valence-corrected chi connectivity index (χ1v) is 10.0. The van der Waals surface area contributed by atoms with Crippen LogP contribution >= 0.6 is 28.6 Å². The monoisotopic (exact) mass is 352 g/mol. The van der Waals surface area contributed by atoms with Crippen molar-refractivity contribution in [3.05, 3.63) is 24.3 Å². The van der Waals surface area contributed by atoms with Gasteiger partial charge in [-0.05, 0) is 35.2 Å². The Morgan fingerprint density at radius 1 is 1.42 bits per heavy atom. The fourth-order valence-corrected chi connectivity index (χ4v) is 2.99. The van der Waals surface area contributed by atoms with Crippen molar-refractivity contribution >= 4 is 40.4 Å². The van der Waals surface area contributed by atoms with E-state index < -0.39 is 23.7 Å². The van der Waals surface area contributed by atoms with E-state index in [1.165, 1.54) is 18.8 Å². The number of halogens is 5. The molecule has 0 saturated heterocycles. The summed E-state index contributed by atoms with van der Waals surface area (Å²) >= 11 is 11.3. The number of para-hydroxylation sites is 1. The summed E-state index contributed by atoms with van der Waals surface area (Å²) in [6.07, 6.45) is -3.70. The minimum atomic E-state index is -4.05. The van der Waals surface area contributed by atoms with Gasteiger partial charge in [-0.1, -0.05) is 12.1 Å². The third-order valence-electron chi connectivity index (χ3n) is 1.85. The first kappa shape index (κ1) is 17.1. The molecule has 0 radical (unpaired) electrons. The zero-order chi connectivity index (χ0) is 14.7. The summed E-state index contributed by atoms with van der Waals surface area (Å²) in [7, 11) is 0. The zero-order valence-corrected chi connectivity index (χ0v) is 12.9. The molecule has 19 heavy (non-hydrogen) atoms. The highest BCUT2D eigenvalue weighted by Crippen LogP contribution is 2.50. The summed E-state index contributed by atoms with van der Waals surface area (Å²) in [6.45, 7) is 1.51. The lowest BCUT2D eigenvalue weighted by molar-refractivity contribution is -0.109. The molecule has 9 heteroatoms. The molecule has 0 bridgehead atoms. The third kappa shape index (κ3) is 5.90. The number of benzene rings is 1. The highest BCUT2D eigenvalue weighted by atomic mass is 35.7. The lowest BCUT2D eigenvalue weighted by Crippen LogP contribution is -2.29. The Morgan fingerprint density at radius 2 is 2.00 bits per heavy atom. The van der Waals surface area contributed by atoms with Gasteiger partial charge < -0.3 is 4.52 Å². The maximum atomic E-state index is 12.9. The van der Waals surface area contributed by atoms with Crippen LogP contribution in [-0.2, 0) is 11.8 Å². The van der Waals surface area contributed by atoms with Crippen molar-refractivity contribution in [2.24, 2.45) is 0 Å². The molecular formula is C10H10ClF4OPS2. The molecule has 108 valence electrons. The Kier molecular flexibility index (Phi) is 5.98. The lowest BCUT2D eigenvalue weighted by Gasteiger charge is -2.17. The van der Waals surface area contributed by atoms with Crippen LogP contribution in [0.25, 0.3) is 0 Å². The molecule has 0 spiro atoms. The fourth-order valence-electron chi connectivity index (χ4n) is 1.06. The second-order valence-electron chi connectivity index (χ2n) is 3.64. The van der Waals surface area contributed by atoms with E-state index in [9.17, 15) is 17.6 Å². The summed E-state index contributed by atoms with van der Waals surface area (Å²) < 4.78 is 55.1. The van der Waals surface area contributed by atoms with Crippen molar-refractivity contribution in [2.45, 2.75) is 17.2 Å². The Morgan fingerprint density at radius 3 is 2.53 bits per heavy atom. The molecule has 0 fully saturated rings. The smallest absolute Gasteiger partial charge is 0.316 e. The minimum Gasteiger partial charge on any atom is -0.452 e. The summed E-state index contributed by atoms with van der Waals surface area (Å²) in [5, 5.41) is 0. The van der Waals surface area contributed by atoms with Gasteiger partial charge in [-0.15, -0.1) is 11.8 Å². The van der Waals surface area contributed by atoms with E-state index >= 15 is 0 Å². The quantitative estimate of drug-likeness (QED) is 0.394. The number of rotatable bonds is 6. The molecule has 0 N–H and O–H groups in total. The van der Waals surface area contributed by atoms with Crippen LogP contribution in [0.1, 0.15) is 0 Å². The lowest BCUT2D eigenvalue weighted by atomic mass is 10.3. The molecule has 0 saturated carbocycles. The van der Waals surface area contributed by atoms with Gasteiger partial charge in [0.2, 0.25) is 0 Å². The molecule has 1 aromatic carbocycles. The van der Waals surface area contributed by atoms with Crippen LogP contribution in [-0.4, -0.2) is 24.8 Å².